The summed E-state index contributed by atoms with van der Waals surface area (Å²) in [5.74, 6) is 0.535. The second-order valence-electron chi connectivity index (χ2n) is 4.81. The van der Waals surface area contributed by atoms with Crippen LogP contribution in [-0.4, -0.2) is 38.1 Å². The van der Waals surface area contributed by atoms with Gasteiger partial charge in [0.25, 0.3) is 5.91 Å². The Kier molecular flexibility index (Phi) is 4.64. The Hall–Kier alpha value is -1.57. The first kappa shape index (κ1) is 14.8. The molecule has 1 aromatic heterocycles. The molecule has 1 aromatic rings. The van der Waals surface area contributed by atoms with Gasteiger partial charge in [0.05, 0.1) is 4.92 Å². The van der Waals surface area contributed by atoms with Gasteiger partial charge in [-0.3, -0.25) is 20.0 Å². The summed E-state index contributed by atoms with van der Waals surface area (Å²) < 4.78 is 0. The van der Waals surface area contributed by atoms with Gasteiger partial charge in [0.2, 0.25) is 5.69 Å². The number of nitrogens with one attached hydrogen (secondary N) is 2. The number of nitrogens with zero attached hydrogens (tertiary/aromatic N) is 2. The van der Waals surface area contributed by atoms with Gasteiger partial charge in [-0.1, -0.05) is 13.3 Å². The lowest BCUT2D eigenvalue weighted by molar-refractivity contribution is -0.385. The van der Waals surface area contributed by atoms with E-state index in [2.05, 4.69) is 22.4 Å². The Labute approximate surface area is 121 Å². The van der Waals surface area contributed by atoms with Crippen molar-refractivity contribution in [1.29, 1.82) is 0 Å². The number of amides is 1. The zero-order valence-electron chi connectivity index (χ0n) is 11.5. The molecule has 0 aliphatic heterocycles. The second kappa shape index (κ2) is 6.25. The molecule has 2 atom stereocenters. The predicted molar refractivity (Wildman–Crippen MR) is 77.0 cm³/mol. The minimum Gasteiger partial charge on any atom is -0.347 e. The summed E-state index contributed by atoms with van der Waals surface area (Å²) in [5, 5.41) is 20.5. The minimum absolute atomic E-state index is 0.0732. The fourth-order valence-corrected chi connectivity index (χ4v) is 3.74. The van der Waals surface area contributed by atoms with Crippen LogP contribution in [0.15, 0.2) is 0 Å². The van der Waals surface area contributed by atoms with E-state index in [1.165, 1.54) is 6.92 Å². The minimum atomic E-state index is -0.569. The molecule has 1 fully saturated rings. The van der Waals surface area contributed by atoms with Crippen LogP contribution in [0.5, 0.6) is 0 Å². The number of rotatable bonds is 5. The largest absolute Gasteiger partial charge is 0.347 e. The van der Waals surface area contributed by atoms with E-state index < -0.39 is 10.8 Å². The van der Waals surface area contributed by atoms with Crippen LogP contribution in [0.25, 0.3) is 0 Å². The molecule has 0 bridgehead atoms. The van der Waals surface area contributed by atoms with E-state index in [9.17, 15) is 14.9 Å². The van der Waals surface area contributed by atoms with Crippen molar-refractivity contribution in [2.45, 2.75) is 44.4 Å². The molecular weight excluding hydrogens is 280 g/mol. The first-order valence-electron chi connectivity index (χ1n) is 6.66. The standard InChI is InChI=1S/C12H18N4O3S/c1-3-20-9-6-4-5-8(9)13-12(17)10-11(16(18)19)7(2)14-15-10/h8-9H,3-6H2,1-2H3,(H,13,17)(H,14,15)/t8-,9+/m0/s1. The third-order valence-corrected chi connectivity index (χ3v) is 4.79. The Balaban J connectivity index is 2.10. The normalized spacial score (nSPS) is 21.9. The highest BCUT2D eigenvalue weighted by molar-refractivity contribution is 7.99. The Morgan fingerprint density at radius 1 is 1.60 bits per heavy atom. The molecule has 110 valence electrons. The van der Waals surface area contributed by atoms with Crippen molar-refractivity contribution in [3.63, 3.8) is 0 Å². The maximum Gasteiger partial charge on any atom is 0.322 e. The summed E-state index contributed by atoms with van der Waals surface area (Å²) in [4.78, 5) is 22.6. The summed E-state index contributed by atoms with van der Waals surface area (Å²) in [5.41, 5.74) is -0.0640. The van der Waals surface area contributed by atoms with E-state index >= 15 is 0 Å². The molecule has 20 heavy (non-hydrogen) atoms. The van der Waals surface area contributed by atoms with Crippen molar-refractivity contribution in [3.8, 4) is 0 Å². The molecule has 0 spiro atoms. The van der Waals surface area contributed by atoms with E-state index in [0.29, 0.717) is 10.9 Å². The number of nitro groups is 1. The molecule has 7 nitrogen and oxygen atoms in total. The third-order valence-electron chi connectivity index (χ3n) is 3.46. The zero-order chi connectivity index (χ0) is 14.7. The fraction of sp³-hybridized carbons (Fsp3) is 0.667. The molecule has 1 saturated carbocycles. The van der Waals surface area contributed by atoms with Crippen LogP contribution in [0.2, 0.25) is 0 Å². The molecular formula is C12H18N4O3S. The van der Waals surface area contributed by atoms with Gasteiger partial charge in [-0.2, -0.15) is 16.9 Å². The van der Waals surface area contributed by atoms with E-state index in [1.54, 1.807) is 0 Å². The first-order chi connectivity index (χ1) is 9.54. The average Bonchev–Trinajstić information content (AvgIpc) is 2.97. The number of carbonyl (C=O) groups is 1. The van der Waals surface area contributed by atoms with Gasteiger partial charge in [-0.15, -0.1) is 0 Å². The Morgan fingerprint density at radius 3 is 3.00 bits per heavy atom. The first-order valence-corrected chi connectivity index (χ1v) is 7.71. The van der Waals surface area contributed by atoms with E-state index in [-0.39, 0.29) is 17.4 Å². The monoisotopic (exact) mass is 298 g/mol. The molecule has 0 radical (unpaired) electrons. The van der Waals surface area contributed by atoms with Crippen LogP contribution in [0.1, 0.15) is 42.4 Å². The third kappa shape index (κ3) is 2.95. The van der Waals surface area contributed by atoms with Crippen LogP contribution in [0.3, 0.4) is 0 Å². The van der Waals surface area contributed by atoms with Crippen LogP contribution >= 0.6 is 11.8 Å². The number of hydrogen-bond donors (Lipinski definition) is 2. The highest BCUT2D eigenvalue weighted by Crippen LogP contribution is 2.30. The lowest BCUT2D eigenvalue weighted by Gasteiger charge is -2.19. The highest BCUT2D eigenvalue weighted by atomic mass is 32.2. The Bertz CT molecular complexity index is 517. The smallest absolute Gasteiger partial charge is 0.322 e. The maximum atomic E-state index is 12.2. The summed E-state index contributed by atoms with van der Waals surface area (Å²) >= 11 is 1.82. The van der Waals surface area contributed by atoms with Crippen molar-refractivity contribution < 1.29 is 9.72 Å². The number of thioether (sulfide) groups is 1. The van der Waals surface area contributed by atoms with E-state index in [0.717, 1.165) is 25.0 Å². The number of carbonyl (C=O) groups excluding carboxylic acids is 1. The molecule has 2 rings (SSSR count). The summed E-state index contributed by atoms with van der Waals surface area (Å²) in [6.07, 6.45) is 3.07. The number of aromatic amines is 1. The molecule has 0 aromatic carbocycles. The topological polar surface area (TPSA) is 101 Å². The van der Waals surface area contributed by atoms with Gasteiger partial charge in [-0.25, -0.2) is 0 Å². The van der Waals surface area contributed by atoms with Gasteiger partial charge >= 0.3 is 5.69 Å². The molecule has 8 heteroatoms. The number of aromatic nitrogens is 2. The van der Waals surface area contributed by atoms with Gasteiger partial charge in [0, 0.05) is 11.3 Å². The van der Waals surface area contributed by atoms with Crippen molar-refractivity contribution in [2.75, 3.05) is 5.75 Å². The molecule has 1 aliphatic carbocycles. The predicted octanol–water partition coefficient (Wildman–Crippen LogP) is 2.03. The molecule has 1 aliphatic rings. The number of aryl methyl sites for hydroxylation is 1. The molecule has 1 amide bonds. The number of H-pyrrole nitrogens is 1. The summed E-state index contributed by atoms with van der Waals surface area (Å²) in [6, 6.07) is 0.0732. The lowest BCUT2D eigenvalue weighted by Crippen LogP contribution is -2.39. The fourth-order valence-electron chi connectivity index (χ4n) is 2.55. The highest BCUT2D eigenvalue weighted by Gasteiger charge is 2.32. The second-order valence-corrected chi connectivity index (χ2v) is 6.32. The van der Waals surface area contributed by atoms with Crippen molar-refractivity contribution >= 4 is 23.4 Å². The van der Waals surface area contributed by atoms with Gasteiger partial charge in [0.1, 0.15) is 5.69 Å². The van der Waals surface area contributed by atoms with Gasteiger partial charge < -0.3 is 5.32 Å². The maximum absolute atomic E-state index is 12.2. The number of hydrogen-bond acceptors (Lipinski definition) is 5. The average molecular weight is 298 g/mol. The zero-order valence-corrected chi connectivity index (χ0v) is 12.3. The van der Waals surface area contributed by atoms with Crippen LogP contribution in [-0.2, 0) is 0 Å². The van der Waals surface area contributed by atoms with Crippen molar-refractivity contribution in [1.82, 2.24) is 15.5 Å². The molecule has 2 N–H and O–H groups in total. The van der Waals surface area contributed by atoms with E-state index in [4.69, 9.17) is 0 Å². The van der Waals surface area contributed by atoms with Crippen molar-refractivity contribution in [2.24, 2.45) is 0 Å². The van der Waals surface area contributed by atoms with Crippen LogP contribution in [0, 0.1) is 17.0 Å². The quantitative estimate of drug-likeness (QED) is 0.640. The van der Waals surface area contributed by atoms with Crippen molar-refractivity contribution in [3.05, 3.63) is 21.5 Å². The van der Waals surface area contributed by atoms with Gasteiger partial charge in [-0.05, 0) is 25.5 Å². The molecule has 0 saturated heterocycles. The van der Waals surface area contributed by atoms with E-state index in [1.807, 2.05) is 11.8 Å². The summed E-state index contributed by atoms with van der Waals surface area (Å²) in [6.45, 7) is 3.62. The van der Waals surface area contributed by atoms with Gasteiger partial charge in [0.15, 0.2) is 0 Å². The lowest BCUT2D eigenvalue weighted by atomic mass is 10.2. The molecule has 1 heterocycles. The van der Waals surface area contributed by atoms with Crippen LogP contribution < -0.4 is 5.32 Å². The molecule has 0 unspecified atom stereocenters. The van der Waals surface area contributed by atoms with Crippen LogP contribution in [0.4, 0.5) is 5.69 Å². The summed E-state index contributed by atoms with van der Waals surface area (Å²) in [7, 11) is 0. The Morgan fingerprint density at radius 2 is 2.35 bits per heavy atom. The SMILES string of the molecule is CCS[C@@H]1CCC[C@@H]1NC(=O)c1n[nH]c(C)c1[N+](=O)[O-].